The van der Waals surface area contributed by atoms with Crippen molar-refractivity contribution in [3.05, 3.63) is 69.6 Å². The lowest BCUT2D eigenvalue weighted by molar-refractivity contribution is -0.110. The van der Waals surface area contributed by atoms with Crippen molar-refractivity contribution in [2.45, 2.75) is 6.42 Å². The molecule has 1 aliphatic heterocycles. The van der Waals surface area contributed by atoms with E-state index in [-0.39, 0.29) is 11.8 Å². The lowest BCUT2D eigenvalue weighted by Crippen LogP contribution is -2.25. The third-order valence-corrected chi connectivity index (χ3v) is 6.06. The highest BCUT2D eigenvalue weighted by Gasteiger charge is 2.28. The van der Waals surface area contributed by atoms with Gasteiger partial charge in [-0.15, -0.1) is 11.3 Å². The number of H-pyrrole nitrogens is 2. The Hall–Kier alpha value is -3.36. The summed E-state index contributed by atoms with van der Waals surface area (Å²) in [5.41, 5.74) is 3.84. The number of nitrogens with one attached hydrogen (secondary N) is 4. The molecule has 1 aliphatic rings. The molecule has 5 rings (SSSR count). The average molecular weight is 438 g/mol. The largest absolute Gasteiger partial charge is 0.362 e. The standard InChI is InChI=1S/C21H16ClN5O2S/c22-11-3-4-15-16(8-11)26-18(25-15)5-7-24-20(29)17-10-14-13(9-12-2-1-6-23-12)19(28)27-21(14)30-17/h1-4,6,8-10,23H,5,7H2,(H,24,29)(H,25,26)(H,27,28)/b13-9-. The number of carbonyl (C=O) groups excluding carboxylic acids is 2. The first-order valence-electron chi connectivity index (χ1n) is 9.30. The Bertz CT molecular complexity index is 1300. The average Bonchev–Trinajstić information content (AvgIpc) is 3.48. The van der Waals surface area contributed by atoms with Crippen molar-refractivity contribution in [2.24, 2.45) is 0 Å². The molecule has 2 amide bonds. The van der Waals surface area contributed by atoms with Crippen molar-refractivity contribution in [1.29, 1.82) is 0 Å². The van der Waals surface area contributed by atoms with Gasteiger partial charge in [-0.2, -0.15) is 0 Å². The Morgan fingerprint density at radius 1 is 1.27 bits per heavy atom. The first-order chi connectivity index (χ1) is 14.6. The molecule has 0 unspecified atom stereocenters. The minimum atomic E-state index is -0.179. The molecule has 0 aliphatic carbocycles. The van der Waals surface area contributed by atoms with E-state index in [0.717, 1.165) is 28.1 Å². The highest BCUT2D eigenvalue weighted by atomic mass is 35.5. The summed E-state index contributed by atoms with van der Waals surface area (Å²) in [6.45, 7) is 0.437. The number of aromatic nitrogens is 3. The number of amides is 2. The monoisotopic (exact) mass is 437 g/mol. The molecule has 9 heteroatoms. The normalized spacial score (nSPS) is 14.3. The van der Waals surface area contributed by atoms with Crippen LogP contribution in [0.25, 0.3) is 22.7 Å². The van der Waals surface area contributed by atoms with Crippen molar-refractivity contribution in [3.8, 4) is 0 Å². The summed E-state index contributed by atoms with van der Waals surface area (Å²) in [7, 11) is 0. The van der Waals surface area contributed by atoms with Gasteiger partial charge in [0.2, 0.25) is 0 Å². The van der Waals surface area contributed by atoms with Gasteiger partial charge in [-0.25, -0.2) is 4.98 Å². The van der Waals surface area contributed by atoms with E-state index in [9.17, 15) is 9.59 Å². The number of anilines is 1. The molecule has 1 aromatic carbocycles. The molecule has 30 heavy (non-hydrogen) atoms. The molecule has 0 fully saturated rings. The molecule has 0 radical (unpaired) electrons. The van der Waals surface area contributed by atoms with Crippen molar-refractivity contribution >= 4 is 62.4 Å². The predicted molar refractivity (Wildman–Crippen MR) is 119 cm³/mol. The number of nitrogens with zero attached hydrogens (tertiary/aromatic N) is 1. The van der Waals surface area contributed by atoms with Crippen LogP contribution in [0.4, 0.5) is 5.00 Å². The van der Waals surface area contributed by atoms with Crippen LogP contribution in [-0.2, 0) is 11.2 Å². The van der Waals surface area contributed by atoms with E-state index in [1.807, 2.05) is 24.3 Å². The number of fused-ring (bicyclic) bond motifs is 2. The van der Waals surface area contributed by atoms with Gasteiger partial charge in [0.05, 0.1) is 21.5 Å². The number of benzene rings is 1. The maximum absolute atomic E-state index is 12.6. The summed E-state index contributed by atoms with van der Waals surface area (Å²) in [5.74, 6) is 0.439. The maximum atomic E-state index is 12.6. The zero-order valence-electron chi connectivity index (χ0n) is 15.6. The fraction of sp³-hybridized carbons (Fsp3) is 0.0952. The van der Waals surface area contributed by atoms with Gasteiger partial charge in [-0.1, -0.05) is 11.6 Å². The molecule has 0 saturated carbocycles. The zero-order chi connectivity index (χ0) is 20.7. The van der Waals surface area contributed by atoms with Crippen LogP contribution in [-0.4, -0.2) is 33.3 Å². The van der Waals surface area contributed by atoms with Crippen molar-refractivity contribution in [1.82, 2.24) is 20.3 Å². The van der Waals surface area contributed by atoms with Crippen LogP contribution >= 0.6 is 22.9 Å². The second-order valence-corrected chi connectivity index (χ2v) is 8.33. The summed E-state index contributed by atoms with van der Waals surface area (Å²) >= 11 is 7.27. The number of hydrogen-bond acceptors (Lipinski definition) is 4. The predicted octanol–water partition coefficient (Wildman–Crippen LogP) is 4.07. The second-order valence-electron chi connectivity index (χ2n) is 6.84. The van der Waals surface area contributed by atoms with Crippen LogP contribution in [0.1, 0.15) is 26.8 Å². The topological polar surface area (TPSA) is 103 Å². The van der Waals surface area contributed by atoms with Gasteiger partial charge >= 0.3 is 0 Å². The highest BCUT2D eigenvalue weighted by Crippen LogP contribution is 2.39. The summed E-state index contributed by atoms with van der Waals surface area (Å²) in [4.78, 5) is 36.1. The molecule has 0 spiro atoms. The quantitative estimate of drug-likeness (QED) is 0.354. The minimum Gasteiger partial charge on any atom is -0.362 e. The van der Waals surface area contributed by atoms with Crippen molar-refractivity contribution in [2.75, 3.05) is 11.9 Å². The summed E-state index contributed by atoms with van der Waals surface area (Å²) in [6.07, 6.45) is 4.14. The van der Waals surface area contributed by atoms with Gasteiger partial charge in [0, 0.05) is 35.4 Å². The Labute approximate surface area is 180 Å². The Balaban J connectivity index is 1.26. The molecular weight excluding hydrogens is 422 g/mol. The van der Waals surface area contributed by atoms with Crippen LogP contribution in [0, 0.1) is 0 Å². The molecule has 3 aromatic heterocycles. The van der Waals surface area contributed by atoms with Crippen LogP contribution < -0.4 is 10.6 Å². The Morgan fingerprint density at radius 2 is 2.17 bits per heavy atom. The van der Waals surface area contributed by atoms with Crippen LogP contribution in [0.2, 0.25) is 5.02 Å². The lowest BCUT2D eigenvalue weighted by atomic mass is 10.1. The molecule has 0 atom stereocenters. The van der Waals surface area contributed by atoms with Crippen LogP contribution in [0.3, 0.4) is 0 Å². The van der Waals surface area contributed by atoms with E-state index in [4.69, 9.17) is 11.6 Å². The smallest absolute Gasteiger partial charge is 0.261 e. The van der Waals surface area contributed by atoms with Crippen LogP contribution in [0.5, 0.6) is 0 Å². The summed E-state index contributed by atoms with van der Waals surface area (Å²) < 4.78 is 0. The Morgan fingerprint density at radius 3 is 3.00 bits per heavy atom. The SMILES string of the molecule is O=C1Nc2sc(C(=O)NCCc3nc4ccc(Cl)cc4[nH]3)cc2/C1=C/c1ccc[nH]1. The third-order valence-electron chi connectivity index (χ3n) is 4.78. The zero-order valence-corrected chi connectivity index (χ0v) is 17.2. The highest BCUT2D eigenvalue weighted by molar-refractivity contribution is 7.18. The summed E-state index contributed by atoms with van der Waals surface area (Å²) in [5, 5.41) is 7.08. The molecule has 7 nitrogen and oxygen atoms in total. The maximum Gasteiger partial charge on any atom is 0.261 e. The lowest BCUT2D eigenvalue weighted by Gasteiger charge is -2.02. The van der Waals surface area contributed by atoms with E-state index in [1.165, 1.54) is 11.3 Å². The number of halogens is 1. The number of thiophene rings is 1. The minimum absolute atomic E-state index is 0.164. The first-order valence-corrected chi connectivity index (χ1v) is 10.5. The van der Waals surface area contributed by atoms with Crippen molar-refractivity contribution < 1.29 is 9.59 Å². The van der Waals surface area contributed by atoms with Gasteiger partial charge in [0.25, 0.3) is 11.8 Å². The fourth-order valence-corrected chi connectivity index (χ4v) is 4.51. The van der Waals surface area contributed by atoms with E-state index in [2.05, 4.69) is 25.6 Å². The van der Waals surface area contributed by atoms with E-state index in [1.54, 1.807) is 24.4 Å². The number of rotatable bonds is 5. The van der Waals surface area contributed by atoms with Gasteiger partial charge in [-0.3, -0.25) is 9.59 Å². The van der Waals surface area contributed by atoms with E-state index in [0.29, 0.717) is 33.4 Å². The molecule has 4 heterocycles. The van der Waals surface area contributed by atoms with Gasteiger partial charge in [-0.05, 0) is 42.5 Å². The van der Waals surface area contributed by atoms with Crippen molar-refractivity contribution in [3.63, 3.8) is 0 Å². The van der Waals surface area contributed by atoms with Gasteiger partial charge in [0.15, 0.2) is 0 Å². The molecular formula is C21H16ClN5O2S. The Kier molecular flexibility index (Phi) is 4.65. The first kappa shape index (κ1) is 18.7. The van der Waals surface area contributed by atoms with Crippen LogP contribution in [0.15, 0.2) is 42.6 Å². The number of aromatic amines is 2. The van der Waals surface area contributed by atoms with E-state index >= 15 is 0 Å². The number of carbonyl (C=O) groups is 2. The molecule has 4 N–H and O–H groups in total. The molecule has 4 aromatic rings. The third kappa shape index (κ3) is 3.51. The van der Waals surface area contributed by atoms with Gasteiger partial charge < -0.3 is 20.6 Å². The number of hydrogen-bond donors (Lipinski definition) is 4. The molecule has 150 valence electrons. The number of imidazole rings is 1. The second kappa shape index (κ2) is 7.47. The van der Waals surface area contributed by atoms with E-state index < -0.39 is 0 Å². The fourth-order valence-electron chi connectivity index (χ4n) is 3.36. The molecule has 0 saturated heterocycles. The molecule has 0 bridgehead atoms. The summed E-state index contributed by atoms with van der Waals surface area (Å²) in [6, 6.07) is 11.0. The van der Waals surface area contributed by atoms with Gasteiger partial charge in [0.1, 0.15) is 10.8 Å².